The summed E-state index contributed by atoms with van der Waals surface area (Å²) in [5.41, 5.74) is 1.04. The molecule has 1 N–H and O–H groups in total. The summed E-state index contributed by atoms with van der Waals surface area (Å²) >= 11 is 0. The van der Waals surface area contributed by atoms with Gasteiger partial charge in [0.05, 0.1) is 6.61 Å². The monoisotopic (exact) mass is 289 g/mol. The molecule has 0 spiro atoms. The van der Waals surface area contributed by atoms with Crippen molar-refractivity contribution in [3.8, 4) is 5.75 Å². The first-order valence-corrected chi connectivity index (χ1v) is 6.95. The Labute approximate surface area is 118 Å². The molecule has 1 aromatic carbocycles. The smallest absolute Gasteiger partial charge is 0.389 e. The Hall–Kier alpha value is -1.23. The molecule has 20 heavy (non-hydrogen) atoms. The van der Waals surface area contributed by atoms with Gasteiger partial charge < -0.3 is 10.1 Å². The fourth-order valence-electron chi connectivity index (χ4n) is 1.80. The maximum atomic E-state index is 12.0. The first kappa shape index (κ1) is 16.8. The van der Waals surface area contributed by atoms with Gasteiger partial charge in [0.15, 0.2) is 0 Å². The molecular formula is C15H22F3NO. The second kappa shape index (κ2) is 8.15. The maximum absolute atomic E-state index is 12.0. The van der Waals surface area contributed by atoms with Crippen LogP contribution in [0.1, 0.15) is 44.7 Å². The van der Waals surface area contributed by atoms with Gasteiger partial charge in [-0.05, 0) is 44.0 Å². The Kier molecular flexibility index (Phi) is 6.85. The highest BCUT2D eigenvalue weighted by Gasteiger charge is 2.25. The molecule has 1 atom stereocenters. The van der Waals surface area contributed by atoms with Crippen molar-refractivity contribution in [2.45, 2.75) is 45.3 Å². The van der Waals surface area contributed by atoms with Crippen molar-refractivity contribution in [2.24, 2.45) is 0 Å². The Morgan fingerprint density at radius 1 is 1.20 bits per heavy atom. The molecule has 1 unspecified atom stereocenters. The first-order chi connectivity index (χ1) is 9.42. The number of hydrogen-bond acceptors (Lipinski definition) is 2. The zero-order valence-electron chi connectivity index (χ0n) is 12.0. The molecule has 0 aliphatic carbocycles. The van der Waals surface area contributed by atoms with Crippen molar-refractivity contribution in [3.63, 3.8) is 0 Å². The molecule has 1 rings (SSSR count). The minimum absolute atomic E-state index is 0.0310. The molecule has 0 saturated carbocycles. The number of ether oxygens (including phenoxy) is 1. The Bertz CT molecular complexity index is 376. The average Bonchev–Trinajstić information content (AvgIpc) is 2.40. The van der Waals surface area contributed by atoms with Crippen molar-refractivity contribution in [2.75, 3.05) is 13.2 Å². The third-order valence-corrected chi connectivity index (χ3v) is 2.94. The molecular weight excluding hydrogens is 267 g/mol. The summed E-state index contributed by atoms with van der Waals surface area (Å²) in [6.45, 7) is 5.02. The molecule has 0 amide bonds. The molecule has 0 heterocycles. The molecule has 114 valence electrons. The summed E-state index contributed by atoms with van der Waals surface area (Å²) in [4.78, 5) is 0. The van der Waals surface area contributed by atoms with Gasteiger partial charge in [0.2, 0.25) is 0 Å². The second-order valence-corrected chi connectivity index (χ2v) is 4.81. The molecule has 5 heteroatoms. The van der Waals surface area contributed by atoms with Crippen LogP contribution in [0.5, 0.6) is 5.75 Å². The molecule has 0 aromatic heterocycles. The van der Waals surface area contributed by atoms with Crippen LogP contribution >= 0.6 is 0 Å². The van der Waals surface area contributed by atoms with Crippen LogP contribution in [0.2, 0.25) is 0 Å². The quantitative estimate of drug-likeness (QED) is 0.713. The number of nitrogens with one attached hydrogen (secondary N) is 1. The van der Waals surface area contributed by atoms with Gasteiger partial charge in [-0.1, -0.05) is 19.1 Å². The van der Waals surface area contributed by atoms with Gasteiger partial charge in [0, 0.05) is 12.5 Å². The molecule has 0 bridgehead atoms. The first-order valence-electron chi connectivity index (χ1n) is 6.95. The lowest BCUT2D eigenvalue weighted by Crippen LogP contribution is -2.21. The van der Waals surface area contributed by atoms with Gasteiger partial charge in [-0.2, -0.15) is 13.2 Å². The van der Waals surface area contributed by atoms with Crippen LogP contribution in [0, 0.1) is 0 Å². The predicted octanol–water partition coefficient (Wildman–Crippen LogP) is 4.47. The summed E-state index contributed by atoms with van der Waals surface area (Å²) in [6, 6.07) is 7.68. The van der Waals surface area contributed by atoms with Gasteiger partial charge in [-0.15, -0.1) is 0 Å². The number of benzene rings is 1. The SMILES string of the molecule is CCCOc1ccc(C(C)NCCCC(F)(F)F)cc1. The van der Waals surface area contributed by atoms with Gasteiger partial charge in [0.1, 0.15) is 5.75 Å². The summed E-state index contributed by atoms with van der Waals surface area (Å²) in [6.07, 6.45) is -3.75. The summed E-state index contributed by atoms with van der Waals surface area (Å²) in [5, 5.41) is 3.09. The summed E-state index contributed by atoms with van der Waals surface area (Å²) in [5.74, 6) is 0.819. The molecule has 1 aromatic rings. The highest BCUT2D eigenvalue weighted by Crippen LogP contribution is 2.21. The third-order valence-electron chi connectivity index (χ3n) is 2.94. The number of alkyl halides is 3. The molecule has 0 saturated heterocycles. The molecule has 2 nitrogen and oxygen atoms in total. The van der Waals surface area contributed by atoms with Crippen LogP contribution in [-0.2, 0) is 0 Å². The topological polar surface area (TPSA) is 21.3 Å². The van der Waals surface area contributed by atoms with Gasteiger partial charge >= 0.3 is 6.18 Å². The Morgan fingerprint density at radius 3 is 2.40 bits per heavy atom. The van der Waals surface area contributed by atoms with Crippen LogP contribution in [0.4, 0.5) is 13.2 Å². The normalized spacial score (nSPS) is 13.2. The van der Waals surface area contributed by atoms with Crippen molar-refractivity contribution in [1.29, 1.82) is 0 Å². The highest BCUT2D eigenvalue weighted by molar-refractivity contribution is 5.28. The minimum Gasteiger partial charge on any atom is -0.494 e. The van der Waals surface area contributed by atoms with Crippen LogP contribution < -0.4 is 10.1 Å². The van der Waals surface area contributed by atoms with Crippen molar-refractivity contribution in [3.05, 3.63) is 29.8 Å². The van der Waals surface area contributed by atoms with Crippen LogP contribution in [0.15, 0.2) is 24.3 Å². The number of hydrogen-bond donors (Lipinski definition) is 1. The van der Waals surface area contributed by atoms with Crippen LogP contribution in [0.3, 0.4) is 0 Å². The molecule has 0 aliphatic heterocycles. The maximum Gasteiger partial charge on any atom is 0.389 e. The van der Waals surface area contributed by atoms with E-state index in [9.17, 15) is 13.2 Å². The van der Waals surface area contributed by atoms with Gasteiger partial charge in [-0.3, -0.25) is 0 Å². The largest absolute Gasteiger partial charge is 0.494 e. The standard InChI is InChI=1S/C15H22F3NO/c1-3-11-20-14-7-5-13(6-8-14)12(2)19-10-4-9-15(16,17)18/h5-8,12,19H,3-4,9-11H2,1-2H3. The minimum atomic E-state index is -4.07. The number of halogens is 3. The molecule has 0 radical (unpaired) electrons. The van der Waals surface area contributed by atoms with E-state index < -0.39 is 12.6 Å². The van der Waals surface area contributed by atoms with Crippen molar-refractivity contribution in [1.82, 2.24) is 5.32 Å². The molecule has 0 fully saturated rings. The lowest BCUT2D eigenvalue weighted by atomic mass is 10.1. The fourth-order valence-corrected chi connectivity index (χ4v) is 1.80. The second-order valence-electron chi connectivity index (χ2n) is 4.81. The van der Waals surface area contributed by atoms with E-state index >= 15 is 0 Å². The van der Waals surface area contributed by atoms with E-state index in [1.54, 1.807) is 0 Å². The summed E-state index contributed by atoms with van der Waals surface area (Å²) < 4.78 is 41.5. The van der Waals surface area contributed by atoms with E-state index in [1.165, 1.54) is 0 Å². The zero-order chi connectivity index (χ0) is 15.0. The lowest BCUT2D eigenvalue weighted by molar-refractivity contribution is -0.135. The Balaban J connectivity index is 2.34. The fraction of sp³-hybridized carbons (Fsp3) is 0.600. The van der Waals surface area contributed by atoms with E-state index in [4.69, 9.17) is 4.74 Å². The average molecular weight is 289 g/mol. The van der Waals surface area contributed by atoms with Gasteiger partial charge in [0.25, 0.3) is 0 Å². The van der Waals surface area contributed by atoms with Crippen LogP contribution in [0.25, 0.3) is 0 Å². The third kappa shape index (κ3) is 6.80. The highest BCUT2D eigenvalue weighted by atomic mass is 19.4. The predicted molar refractivity (Wildman–Crippen MR) is 73.9 cm³/mol. The van der Waals surface area contributed by atoms with Crippen molar-refractivity contribution < 1.29 is 17.9 Å². The van der Waals surface area contributed by atoms with Gasteiger partial charge in [-0.25, -0.2) is 0 Å². The van der Waals surface area contributed by atoms with E-state index in [0.29, 0.717) is 13.2 Å². The van der Waals surface area contributed by atoms with E-state index in [2.05, 4.69) is 5.32 Å². The molecule has 0 aliphatic rings. The van der Waals surface area contributed by atoms with Crippen molar-refractivity contribution >= 4 is 0 Å². The Morgan fingerprint density at radius 2 is 1.85 bits per heavy atom. The zero-order valence-corrected chi connectivity index (χ0v) is 12.0. The summed E-state index contributed by atoms with van der Waals surface area (Å²) in [7, 11) is 0. The lowest BCUT2D eigenvalue weighted by Gasteiger charge is -2.15. The number of rotatable bonds is 8. The van der Waals surface area contributed by atoms with Crippen LogP contribution in [-0.4, -0.2) is 19.3 Å². The van der Waals surface area contributed by atoms with E-state index in [1.807, 2.05) is 38.1 Å². The van der Waals surface area contributed by atoms with E-state index in [0.717, 1.165) is 17.7 Å². The van der Waals surface area contributed by atoms with E-state index in [-0.39, 0.29) is 12.5 Å².